The first-order valence-electron chi connectivity index (χ1n) is 9.19. The first-order chi connectivity index (χ1) is 13.3. The molecule has 6 nitrogen and oxygen atoms in total. The van der Waals surface area contributed by atoms with Gasteiger partial charge in [0.25, 0.3) is 11.5 Å². The van der Waals surface area contributed by atoms with Gasteiger partial charge in [0.1, 0.15) is 11.4 Å². The number of ketones is 1. The van der Waals surface area contributed by atoms with Crippen molar-refractivity contribution < 1.29 is 19.1 Å². The molecule has 3 rings (SSSR count). The van der Waals surface area contributed by atoms with E-state index >= 15 is 0 Å². The molecule has 1 aromatic carbocycles. The summed E-state index contributed by atoms with van der Waals surface area (Å²) in [5.74, 6) is -0.788. The van der Waals surface area contributed by atoms with Crippen molar-refractivity contribution in [3.8, 4) is 0 Å². The van der Waals surface area contributed by atoms with E-state index in [1.807, 2.05) is 0 Å². The number of aliphatic hydroxyl groups excluding tert-OH is 1. The second-order valence-electron chi connectivity index (χ2n) is 7.30. The zero-order valence-corrected chi connectivity index (χ0v) is 15.9. The first kappa shape index (κ1) is 19.9. The van der Waals surface area contributed by atoms with Crippen molar-refractivity contribution >= 4 is 11.7 Å². The number of nitrogens with zero attached hydrogens (tertiary/aromatic N) is 1. The summed E-state index contributed by atoms with van der Waals surface area (Å²) in [6.45, 7) is 1.81. The van der Waals surface area contributed by atoms with Gasteiger partial charge in [0, 0.05) is 31.8 Å². The highest BCUT2D eigenvalue weighted by Crippen LogP contribution is 2.41. The molecule has 1 amide bonds. The monoisotopic (exact) mass is 386 g/mol. The number of aromatic nitrogens is 1. The Bertz CT molecular complexity index is 983. The standard InChI is InChI=1S/C21H23FN2O4/c1-12-5-13(3-4-18(12)22)9-24-10-15(7-17(21(24)28)20(27)23-2)19(26)8-14-6-16(14)11-25/h3-5,7,10,14,16,25H,6,8-9,11H2,1-2H3,(H,23,27). The van der Waals surface area contributed by atoms with Crippen LogP contribution in [0.1, 0.15) is 44.7 Å². The number of pyridine rings is 1. The van der Waals surface area contributed by atoms with E-state index in [0.717, 1.165) is 6.42 Å². The molecule has 1 heterocycles. The molecule has 148 valence electrons. The van der Waals surface area contributed by atoms with Crippen molar-refractivity contribution in [1.82, 2.24) is 9.88 Å². The van der Waals surface area contributed by atoms with Crippen LogP contribution >= 0.6 is 0 Å². The Labute approximate surface area is 162 Å². The average molecular weight is 386 g/mol. The third-order valence-electron chi connectivity index (χ3n) is 5.21. The molecule has 7 heteroatoms. The lowest BCUT2D eigenvalue weighted by molar-refractivity contribution is 0.0961. The molecule has 2 N–H and O–H groups in total. The number of nitrogens with one attached hydrogen (secondary N) is 1. The van der Waals surface area contributed by atoms with Gasteiger partial charge in [-0.25, -0.2) is 4.39 Å². The Morgan fingerprint density at radius 2 is 2.04 bits per heavy atom. The van der Waals surface area contributed by atoms with E-state index in [2.05, 4.69) is 5.32 Å². The van der Waals surface area contributed by atoms with Gasteiger partial charge in [-0.05, 0) is 48.4 Å². The zero-order valence-electron chi connectivity index (χ0n) is 15.9. The number of benzene rings is 1. The molecule has 0 bridgehead atoms. The summed E-state index contributed by atoms with van der Waals surface area (Å²) in [7, 11) is 1.42. The summed E-state index contributed by atoms with van der Waals surface area (Å²) in [4.78, 5) is 37.5. The smallest absolute Gasteiger partial charge is 0.263 e. The quantitative estimate of drug-likeness (QED) is 0.712. The van der Waals surface area contributed by atoms with Crippen molar-refractivity contribution in [3.63, 3.8) is 0 Å². The zero-order chi connectivity index (χ0) is 20.4. The average Bonchev–Trinajstić information content (AvgIpc) is 3.43. The lowest BCUT2D eigenvalue weighted by atomic mass is 10.0. The van der Waals surface area contributed by atoms with E-state index < -0.39 is 11.5 Å². The molecule has 1 saturated carbocycles. The Balaban J connectivity index is 1.95. The van der Waals surface area contributed by atoms with E-state index in [1.54, 1.807) is 19.1 Å². The Morgan fingerprint density at radius 3 is 2.64 bits per heavy atom. The molecule has 1 aliphatic carbocycles. The number of hydrogen-bond donors (Lipinski definition) is 2. The van der Waals surface area contributed by atoms with Crippen LogP contribution in [-0.4, -0.2) is 35.0 Å². The van der Waals surface area contributed by atoms with Crippen molar-refractivity contribution in [2.45, 2.75) is 26.3 Å². The lowest BCUT2D eigenvalue weighted by Gasteiger charge is -2.12. The molecule has 1 aliphatic rings. The van der Waals surface area contributed by atoms with Crippen LogP contribution in [0.15, 0.2) is 35.3 Å². The van der Waals surface area contributed by atoms with Crippen molar-refractivity contribution in [1.29, 1.82) is 0 Å². The van der Waals surface area contributed by atoms with Crippen molar-refractivity contribution in [2.75, 3.05) is 13.7 Å². The number of amides is 1. The molecule has 2 aromatic rings. The van der Waals surface area contributed by atoms with Gasteiger partial charge in [-0.3, -0.25) is 14.4 Å². The van der Waals surface area contributed by atoms with E-state index in [4.69, 9.17) is 5.11 Å². The van der Waals surface area contributed by atoms with Crippen LogP contribution < -0.4 is 10.9 Å². The lowest BCUT2D eigenvalue weighted by Crippen LogP contribution is -2.32. The van der Waals surface area contributed by atoms with Gasteiger partial charge in [-0.15, -0.1) is 0 Å². The highest BCUT2D eigenvalue weighted by atomic mass is 19.1. The molecule has 1 aromatic heterocycles. The topological polar surface area (TPSA) is 88.4 Å². The van der Waals surface area contributed by atoms with Gasteiger partial charge in [0.2, 0.25) is 0 Å². The number of carbonyl (C=O) groups excluding carboxylic acids is 2. The fourth-order valence-corrected chi connectivity index (χ4v) is 3.34. The maximum Gasteiger partial charge on any atom is 0.263 e. The maximum absolute atomic E-state index is 13.5. The summed E-state index contributed by atoms with van der Waals surface area (Å²) in [5, 5.41) is 11.6. The summed E-state index contributed by atoms with van der Waals surface area (Å²) >= 11 is 0. The van der Waals surface area contributed by atoms with Crippen LogP contribution in [0.2, 0.25) is 0 Å². The molecule has 0 radical (unpaired) electrons. The highest BCUT2D eigenvalue weighted by Gasteiger charge is 2.38. The largest absolute Gasteiger partial charge is 0.396 e. The number of aryl methyl sites for hydroxylation is 1. The maximum atomic E-state index is 13.5. The minimum Gasteiger partial charge on any atom is -0.396 e. The van der Waals surface area contributed by atoms with Crippen molar-refractivity contribution in [3.05, 3.63) is 68.9 Å². The number of Topliss-reactive ketones (excluding diaryl/α,β-unsaturated/α-hetero) is 1. The highest BCUT2D eigenvalue weighted by molar-refractivity contribution is 6.00. The SMILES string of the molecule is CNC(=O)c1cc(C(=O)CC2CC2CO)cn(Cc2ccc(F)c(C)c2)c1=O. The molecule has 28 heavy (non-hydrogen) atoms. The summed E-state index contributed by atoms with van der Waals surface area (Å²) in [6.07, 6.45) is 2.53. The molecule has 1 fully saturated rings. The van der Waals surface area contributed by atoms with Gasteiger partial charge in [-0.2, -0.15) is 0 Å². The van der Waals surface area contributed by atoms with Gasteiger partial charge >= 0.3 is 0 Å². The van der Waals surface area contributed by atoms with Crippen LogP contribution in [0.25, 0.3) is 0 Å². The molecule has 0 aliphatic heterocycles. The second kappa shape index (κ2) is 8.06. The molecule has 2 atom stereocenters. The van der Waals surface area contributed by atoms with Gasteiger partial charge in [-0.1, -0.05) is 12.1 Å². The molecular weight excluding hydrogens is 363 g/mol. The third kappa shape index (κ3) is 4.20. The summed E-state index contributed by atoms with van der Waals surface area (Å²) in [5.41, 5.74) is 0.795. The second-order valence-corrected chi connectivity index (χ2v) is 7.30. The van der Waals surface area contributed by atoms with Crippen LogP contribution in [0.4, 0.5) is 4.39 Å². The van der Waals surface area contributed by atoms with Gasteiger partial charge in [0.05, 0.1) is 6.54 Å². The minimum atomic E-state index is -0.566. The van der Waals surface area contributed by atoms with Gasteiger partial charge in [0.15, 0.2) is 5.78 Å². The van der Waals surface area contributed by atoms with E-state index in [9.17, 15) is 18.8 Å². The summed E-state index contributed by atoms with van der Waals surface area (Å²) in [6, 6.07) is 5.85. The number of rotatable bonds is 7. The predicted molar refractivity (Wildman–Crippen MR) is 102 cm³/mol. The van der Waals surface area contributed by atoms with E-state index in [0.29, 0.717) is 11.1 Å². The fraction of sp³-hybridized carbons (Fsp3) is 0.381. The number of aliphatic hydroxyl groups is 1. The normalized spacial score (nSPS) is 18.0. The summed E-state index contributed by atoms with van der Waals surface area (Å²) < 4.78 is 14.8. The van der Waals surface area contributed by atoms with Crippen molar-refractivity contribution in [2.24, 2.45) is 11.8 Å². The molecule has 0 saturated heterocycles. The molecular formula is C21H23FN2O4. The van der Waals surface area contributed by atoms with Crippen LogP contribution in [0, 0.1) is 24.6 Å². The Morgan fingerprint density at radius 1 is 1.29 bits per heavy atom. The van der Waals surface area contributed by atoms with Crippen LogP contribution in [0.5, 0.6) is 0 Å². The van der Waals surface area contributed by atoms with Gasteiger partial charge < -0.3 is 15.0 Å². The molecule has 0 spiro atoms. The van der Waals surface area contributed by atoms with E-state index in [1.165, 1.54) is 29.9 Å². The third-order valence-corrected chi connectivity index (χ3v) is 5.21. The predicted octanol–water partition coefficient (Wildman–Crippen LogP) is 1.90. The number of halogens is 1. The number of carbonyl (C=O) groups is 2. The van der Waals surface area contributed by atoms with Crippen LogP contribution in [0.3, 0.4) is 0 Å². The first-order valence-corrected chi connectivity index (χ1v) is 9.19. The van der Waals surface area contributed by atoms with E-state index in [-0.39, 0.29) is 54.1 Å². The molecule has 2 unspecified atom stereocenters. The Hall–Kier alpha value is -2.80. The minimum absolute atomic E-state index is 0.0604. The Kier molecular flexibility index (Phi) is 5.74. The van der Waals surface area contributed by atoms with Crippen LogP contribution in [-0.2, 0) is 6.54 Å². The number of hydrogen-bond acceptors (Lipinski definition) is 4. The fourth-order valence-electron chi connectivity index (χ4n) is 3.34.